The van der Waals surface area contributed by atoms with E-state index in [1.165, 1.54) is 7.11 Å². The highest BCUT2D eigenvalue weighted by atomic mass is 35.5. The number of fused-ring (bicyclic) bond motifs is 1. The average molecular weight is 341 g/mol. The third-order valence-electron chi connectivity index (χ3n) is 3.17. The Kier molecular flexibility index (Phi) is 4.38. The highest BCUT2D eigenvalue weighted by Crippen LogP contribution is 2.42. The van der Waals surface area contributed by atoms with Gasteiger partial charge in [-0.3, -0.25) is 4.18 Å². The first-order valence-electron chi connectivity index (χ1n) is 6.25. The maximum Gasteiger partial charge on any atom is 0.335 e. The SMILES string of the molecule is COC(=O)C1=C(Cl)[C@H]2OC(C)(C)O[C@H]2[C@H](OS(C)(=O)=O)C1. The zero-order valence-electron chi connectivity index (χ0n) is 12.1. The van der Waals surface area contributed by atoms with E-state index in [0.29, 0.717) is 0 Å². The second-order valence-electron chi connectivity index (χ2n) is 5.38. The van der Waals surface area contributed by atoms with Gasteiger partial charge in [0.15, 0.2) is 5.79 Å². The van der Waals surface area contributed by atoms with Crippen molar-refractivity contribution in [1.29, 1.82) is 0 Å². The summed E-state index contributed by atoms with van der Waals surface area (Å²) < 4.78 is 43.8. The van der Waals surface area contributed by atoms with Crippen LogP contribution in [-0.4, -0.2) is 51.9 Å². The molecule has 1 saturated heterocycles. The van der Waals surface area contributed by atoms with Gasteiger partial charge in [-0.25, -0.2) is 4.79 Å². The number of rotatable bonds is 3. The van der Waals surface area contributed by atoms with E-state index in [-0.39, 0.29) is 17.0 Å². The third-order valence-corrected chi connectivity index (χ3v) is 4.21. The zero-order valence-corrected chi connectivity index (χ0v) is 13.7. The second-order valence-corrected chi connectivity index (χ2v) is 7.39. The lowest BCUT2D eigenvalue weighted by atomic mass is 9.92. The Bertz CT molecular complexity index is 580. The van der Waals surface area contributed by atoms with Crippen LogP contribution in [0.5, 0.6) is 0 Å². The van der Waals surface area contributed by atoms with Gasteiger partial charge in [0.1, 0.15) is 18.3 Å². The van der Waals surface area contributed by atoms with Crippen molar-refractivity contribution in [3.8, 4) is 0 Å². The molecule has 0 spiro atoms. The summed E-state index contributed by atoms with van der Waals surface area (Å²) in [5.41, 5.74) is 0.135. The summed E-state index contributed by atoms with van der Waals surface area (Å²) >= 11 is 6.19. The smallest absolute Gasteiger partial charge is 0.335 e. The van der Waals surface area contributed by atoms with Gasteiger partial charge in [0, 0.05) is 6.42 Å². The Balaban J connectivity index is 2.39. The second kappa shape index (κ2) is 5.51. The van der Waals surface area contributed by atoms with Crippen LogP contribution in [0, 0.1) is 0 Å². The molecule has 120 valence electrons. The summed E-state index contributed by atoms with van der Waals surface area (Å²) in [5.74, 6) is -1.60. The van der Waals surface area contributed by atoms with Crippen molar-refractivity contribution in [2.75, 3.05) is 13.4 Å². The molecule has 1 fully saturated rings. The van der Waals surface area contributed by atoms with Crippen molar-refractivity contribution in [3.63, 3.8) is 0 Å². The van der Waals surface area contributed by atoms with Crippen LogP contribution in [0.4, 0.5) is 0 Å². The topological polar surface area (TPSA) is 88.1 Å². The van der Waals surface area contributed by atoms with E-state index >= 15 is 0 Å². The molecule has 0 bridgehead atoms. The third kappa shape index (κ3) is 3.57. The van der Waals surface area contributed by atoms with Crippen LogP contribution in [-0.2, 0) is 33.3 Å². The average Bonchev–Trinajstić information content (AvgIpc) is 2.67. The Morgan fingerprint density at radius 2 is 2.00 bits per heavy atom. The molecule has 1 aliphatic carbocycles. The highest BCUT2D eigenvalue weighted by Gasteiger charge is 2.52. The van der Waals surface area contributed by atoms with Crippen LogP contribution in [0.15, 0.2) is 10.6 Å². The van der Waals surface area contributed by atoms with Crippen LogP contribution in [0.3, 0.4) is 0 Å². The molecule has 21 heavy (non-hydrogen) atoms. The number of carbonyl (C=O) groups is 1. The minimum atomic E-state index is -3.73. The van der Waals surface area contributed by atoms with Crippen LogP contribution >= 0.6 is 11.6 Å². The number of esters is 1. The molecule has 1 aliphatic heterocycles. The molecule has 0 N–H and O–H groups in total. The van der Waals surface area contributed by atoms with Gasteiger partial charge in [-0.05, 0) is 13.8 Å². The summed E-state index contributed by atoms with van der Waals surface area (Å²) in [6.07, 6.45) is -1.48. The summed E-state index contributed by atoms with van der Waals surface area (Å²) in [4.78, 5) is 11.8. The lowest BCUT2D eigenvalue weighted by Gasteiger charge is -2.30. The van der Waals surface area contributed by atoms with Gasteiger partial charge in [0.05, 0.1) is 24.0 Å². The fraction of sp³-hybridized carbons (Fsp3) is 0.750. The molecule has 0 saturated carbocycles. The molecule has 0 amide bonds. The molecule has 0 unspecified atom stereocenters. The fourth-order valence-corrected chi connectivity index (χ4v) is 3.41. The van der Waals surface area contributed by atoms with E-state index in [4.69, 9.17) is 25.3 Å². The Labute approximate surface area is 128 Å². The first-order valence-corrected chi connectivity index (χ1v) is 8.44. The number of methoxy groups -OCH3 is 1. The van der Waals surface area contributed by atoms with E-state index in [9.17, 15) is 13.2 Å². The van der Waals surface area contributed by atoms with Gasteiger partial charge in [-0.15, -0.1) is 0 Å². The lowest BCUT2D eigenvalue weighted by Crippen LogP contribution is -2.43. The van der Waals surface area contributed by atoms with E-state index < -0.39 is 40.2 Å². The standard InChI is InChI=1S/C12H17ClO7S/c1-12(2)18-9-7(20-21(4,15)16)5-6(11(14)17-3)8(13)10(9)19-12/h7,9-10H,5H2,1-4H3/t7-,9+,10-/m1/s1. The molecule has 0 radical (unpaired) electrons. The number of ether oxygens (including phenoxy) is 3. The molecule has 9 heteroatoms. The maximum absolute atomic E-state index is 11.8. The van der Waals surface area contributed by atoms with E-state index in [1.807, 2.05) is 0 Å². The minimum absolute atomic E-state index is 0.0286. The van der Waals surface area contributed by atoms with Gasteiger partial charge in [0.2, 0.25) is 0 Å². The normalized spacial score (nSPS) is 32.0. The molecule has 0 aromatic rings. The quantitative estimate of drug-likeness (QED) is 0.557. The summed E-state index contributed by atoms with van der Waals surface area (Å²) in [6, 6.07) is 0. The van der Waals surface area contributed by atoms with Crippen molar-refractivity contribution in [2.24, 2.45) is 0 Å². The summed E-state index contributed by atoms with van der Waals surface area (Å²) in [5, 5.41) is 0.158. The lowest BCUT2D eigenvalue weighted by molar-refractivity contribution is -0.150. The zero-order chi connectivity index (χ0) is 16.0. The number of hydrogen-bond donors (Lipinski definition) is 0. The van der Waals surface area contributed by atoms with Crippen molar-refractivity contribution < 1.29 is 31.6 Å². The van der Waals surface area contributed by atoms with Gasteiger partial charge in [-0.2, -0.15) is 8.42 Å². The van der Waals surface area contributed by atoms with Crippen LogP contribution < -0.4 is 0 Å². The largest absolute Gasteiger partial charge is 0.466 e. The van der Waals surface area contributed by atoms with Gasteiger partial charge < -0.3 is 14.2 Å². The van der Waals surface area contributed by atoms with Gasteiger partial charge in [-0.1, -0.05) is 11.6 Å². The predicted octanol–water partition coefficient (Wildman–Crippen LogP) is 0.921. The Hall–Kier alpha value is -0.670. The molecule has 2 aliphatic rings. The van der Waals surface area contributed by atoms with E-state index in [2.05, 4.69) is 4.74 Å². The molecule has 0 aromatic heterocycles. The van der Waals surface area contributed by atoms with Crippen molar-refractivity contribution in [3.05, 3.63) is 10.6 Å². The highest BCUT2D eigenvalue weighted by molar-refractivity contribution is 7.86. The van der Waals surface area contributed by atoms with Crippen LogP contribution in [0.2, 0.25) is 0 Å². The van der Waals surface area contributed by atoms with Crippen LogP contribution in [0.25, 0.3) is 0 Å². The molecule has 2 rings (SSSR count). The van der Waals surface area contributed by atoms with Crippen molar-refractivity contribution >= 4 is 27.7 Å². The van der Waals surface area contributed by atoms with Crippen molar-refractivity contribution in [2.45, 2.75) is 44.4 Å². The first-order chi connectivity index (χ1) is 9.54. The predicted molar refractivity (Wildman–Crippen MR) is 73.1 cm³/mol. The number of hydrogen-bond acceptors (Lipinski definition) is 7. The number of halogens is 1. The number of carbonyl (C=O) groups excluding carboxylic acids is 1. The molecule has 1 heterocycles. The fourth-order valence-electron chi connectivity index (χ4n) is 2.46. The van der Waals surface area contributed by atoms with Crippen LogP contribution in [0.1, 0.15) is 20.3 Å². The first kappa shape index (κ1) is 16.7. The molecule has 0 aromatic carbocycles. The maximum atomic E-state index is 11.8. The Morgan fingerprint density at radius 1 is 1.38 bits per heavy atom. The van der Waals surface area contributed by atoms with E-state index in [0.717, 1.165) is 6.26 Å². The molecule has 7 nitrogen and oxygen atoms in total. The van der Waals surface area contributed by atoms with Gasteiger partial charge in [0.25, 0.3) is 10.1 Å². The molecular weight excluding hydrogens is 324 g/mol. The van der Waals surface area contributed by atoms with Gasteiger partial charge >= 0.3 is 5.97 Å². The van der Waals surface area contributed by atoms with E-state index in [1.54, 1.807) is 13.8 Å². The molecular formula is C12H17ClO7S. The Morgan fingerprint density at radius 3 is 2.52 bits per heavy atom. The summed E-state index contributed by atoms with van der Waals surface area (Å²) in [6.45, 7) is 3.34. The van der Waals surface area contributed by atoms with Crippen molar-refractivity contribution in [1.82, 2.24) is 0 Å². The molecule has 3 atom stereocenters. The summed E-state index contributed by atoms with van der Waals surface area (Å²) in [7, 11) is -2.51. The minimum Gasteiger partial charge on any atom is -0.466 e. The monoisotopic (exact) mass is 340 g/mol.